The van der Waals surface area contributed by atoms with Crippen LogP contribution in [0, 0.1) is 0 Å². The summed E-state index contributed by atoms with van der Waals surface area (Å²) in [7, 11) is -3.06. The van der Waals surface area contributed by atoms with Crippen molar-refractivity contribution >= 4 is 27.5 Å². The average molecular weight is 473 g/mol. The van der Waals surface area contributed by atoms with Gasteiger partial charge in [0.05, 0.1) is 18.0 Å². The maximum Gasteiger partial charge on any atom is 0.407 e. The first kappa shape index (κ1) is 21.9. The Morgan fingerprint density at radius 2 is 1.91 bits per heavy atom. The molecule has 1 aromatic carbocycles. The van der Waals surface area contributed by atoms with Crippen molar-refractivity contribution in [3.8, 4) is 0 Å². The quantitative estimate of drug-likeness (QED) is 0.688. The third-order valence-corrected chi connectivity index (χ3v) is 8.10. The number of hydrogen-bond donors (Lipinski definition) is 1. The van der Waals surface area contributed by atoms with E-state index < -0.39 is 21.3 Å². The molecule has 1 spiro atoms. The zero-order valence-electron chi connectivity index (χ0n) is 18.7. The molecule has 1 aromatic heterocycles. The van der Waals surface area contributed by atoms with Crippen LogP contribution in [0.5, 0.6) is 0 Å². The van der Waals surface area contributed by atoms with Gasteiger partial charge in [-0.2, -0.15) is 0 Å². The van der Waals surface area contributed by atoms with Gasteiger partial charge in [-0.05, 0) is 43.7 Å². The molecule has 2 amide bonds. The number of benzene rings is 1. The number of nitrogens with zero attached hydrogens (tertiary/aromatic N) is 4. The highest BCUT2D eigenvalue weighted by Crippen LogP contribution is 2.47. The van der Waals surface area contributed by atoms with E-state index in [9.17, 15) is 23.1 Å². The second-order valence-electron chi connectivity index (χ2n) is 9.39. The largest absolute Gasteiger partial charge is 0.465 e. The molecule has 33 heavy (non-hydrogen) atoms. The minimum Gasteiger partial charge on any atom is -0.465 e. The molecule has 10 heteroatoms. The number of imidazole rings is 1. The first-order valence-electron chi connectivity index (χ1n) is 11.3. The average Bonchev–Trinajstić information content (AvgIpc) is 3.19. The molecule has 1 fully saturated rings. The van der Waals surface area contributed by atoms with Crippen LogP contribution >= 0.6 is 0 Å². The third kappa shape index (κ3) is 3.70. The van der Waals surface area contributed by atoms with Crippen molar-refractivity contribution in [1.82, 2.24) is 14.5 Å². The zero-order chi connectivity index (χ0) is 23.4. The molecule has 1 N–H and O–H groups in total. The van der Waals surface area contributed by atoms with Crippen molar-refractivity contribution in [2.75, 3.05) is 30.0 Å². The van der Waals surface area contributed by atoms with Gasteiger partial charge in [0.15, 0.2) is 0 Å². The monoisotopic (exact) mass is 472 g/mol. The number of aromatic nitrogens is 2. The fraction of sp³-hybridized carbons (Fsp3) is 0.522. The third-order valence-electron chi connectivity index (χ3n) is 7.07. The SMILES string of the molecule is CS(=O)(=O)CCCn1c(CN2C(=O)C3(CN(C(=O)O)C3)c3ccccc32)nc2c1CCCC2. The maximum atomic E-state index is 13.6. The number of carbonyl (C=O) groups excluding carboxylic acids is 1. The molecular weight excluding hydrogens is 444 g/mol. The highest BCUT2D eigenvalue weighted by molar-refractivity contribution is 7.90. The van der Waals surface area contributed by atoms with E-state index in [0.717, 1.165) is 54.1 Å². The molecule has 0 radical (unpaired) electrons. The van der Waals surface area contributed by atoms with E-state index in [2.05, 4.69) is 4.57 Å². The minimum absolute atomic E-state index is 0.0927. The van der Waals surface area contributed by atoms with Crippen LogP contribution in [-0.4, -0.2) is 65.1 Å². The van der Waals surface area contributed by atoms with Crippen molar-refractivity contribution in [2.24, 2.45) is 0 Å². The van der Waals surface area contributed by atoms with E-state index in [4.69, 9.17) is 4.98 Å². The lowest BCUT2D eigenvalue weighted by Crippen LogP contribution is -2.65. The molecule has 2 aliphatic heterocycles. The van der Waals surface area contributed by atoms with Gasteiger partial charge in [-0.3, -0.25) is 4.79 Å². The Labute approximate surface area is 192 Å². The Kier molecular flexibility index (Phi) is 5.23. The Balaban J connectivity index is 1.46. The van der Waals surface area contributed by atoms with Crippen molar-refractivity contribution in [2.45, 2.75) is 50.6 Å². The fourth-order valence-electron chi connectivity index (χ4n) is 5.47. The Bertz CT molecular complexity index is 1230. The van der Waals surface area contributed by atoms with E-state index in [1.807, 2.05) is 24.3 Å². The van der Waals surface area contributed by atoms with Gasteiger partial charge in [-0.15, -0.1) is 0 Å². The normalized spacial score (nSPS) is 18.9. The summed E-state index contributed by atoms with van der Waals surface area (Å²) in [5.41, 5.74) is 3.04. The molecule has 0 unspecified atom stereocenters. The molecule has 176 valence electrons. The van der Waals surface area contributed by atoms with Crippen LogP contribution in [0.1, 0.15) is 42.0 Å². The summed E-state index contributed by atoms with van der Waals surface area (Å²) in [6.07, 6.45) is 4.67. The summed E-state index contributed by atoms with van der Waals surface area (Å²) in [6, 6.07) is 7.58. The summed E-state index contributed by atoms with van der Waals surface area (Å²) in [4.78, 5) is 32.9. The van der Waals surface area contributed by atoms with Crippen LogP contribution in [0.25, 0.3) is 0 Å². The van der Waals surface area contributed by atoms with E-state index in [1.165, 1.54) is 11.2 Å². The predicted octanol–water partition coefficient (Wildman–Crippen LogP) is 1.97. The number of carboxylic acid groups (broad SMARTS) is 1. The number of anilines is 1. The van der Waals surface area contributed by atoms with Gasteiger partial charge in [0.25, 0.3) is 0 Å². The smallest absolute Gasteiger partial charge is 0.407 e. The minimum atomic E-state index is -3.06. The summed E-state index contributed by atoms with van der Waals surface area (Å²) in [5, 5.41) is 9.33. The zero-order valence-corrected chi connectivity index (χ0v) is 19.5. The summed E-state index contributed by atoms with van der Waals surface area (Å²) >= 11 is 0. The number of amides is 2. The highest BCUT2D eigenvalue weighted by atomic mass is 32.2. The topological polar surface area (TPSA) is 113 Å². The van der Waals surface area contributed by atoms with E-state index in [1.54, 1.807) is 4.90 Å². The molecule has 3 aliphatic rings. The molecule has 3 heterocycles. The molecule has 0 saturated carbocycles. The lowest BCUT2D eigenvalue weighted by molar-refractivity contribution is -0.128. The van der Waals surface area contributed by atoms with Crippen molar-refractivity contribution in [3.63, 3.8) is 0 Å². The lowest BCUT2D eigenvalue weighted by atomic mass is 9.75. The highest BCUT2D eigenvalue weighted by Gasteiger charge is 2.59. The second-order valence-corrected chi connectivity index (χ2v) is 11.7. The van der Waals surface area contributed by atoms with Crippen LogP contribution in [0.15, 0.2) is 24.3 Å². The van der Waals surface area contributed by atoms with Crippen LogP contribution < -0.4 is 4.90 Å². The van der Waals surface area contributed by atoms with Crippen molar-refractivity contribution in [3.05, 3.63) is 47.0 Å². The van der Waals surface area contributed by atoms with Gasteiger partial charge in [0.2, 0.25) is 5.91 Å². The summed E-state index contributed by atoms with van der Waals surface area (Å²) in [6.45, 7) is 1.16. The molecule has 1 saturated heterocycles. The van der Waals surface area contributed by atoms with Crippen LogP contribution in [0.3, 0.4) is 0 Å². The van der Waals surface area contributed by atoms with Gasteiger partial charge >= 0.3 is 6.09 Å². The van der Waals surface area contributed by atoms with Gasteiger partial charge in [0.1, 0.15) is 21.1 Å². The maximum absolute atomic E-state index is 13.6. The van der Waals surface area contributed by atoms with Crippen LogP contribution in [0.4, 0.5) is 10.5 Å². The number of fused-ring (bicyclic) bond motifs is 3. The molecular formula is C23H28N4O5S. The van der Waals surface area contributed by atoms with Crippen molar-refractivity contribution < 1.29 is 23.1 Å². The Hall–Kier alpha value is -2.88. The molecule has 5 rings (SSSR count). The number of rotatable bonds is 6. The summed E-state index contributed by atoms with van der Waals surface area (Å²) in [5.74, 6) is 0.786. The standard InChI is InChI=1S/C23H28N4O5S/c1-33(31,32)12-6-11-26-19-10-5-3-8-17(19)24-20(26)13-27-18-9-4-2-7-16(18)23(21(27)28)14-25(15-23)22(29)30/h2,4,7,9H,3,5-6,8,10-15H2,1H3,(H,29,30). The van der Waals surface area contributed by atoms with Gasteiger partial charge in [-0.25, -0.2) is 18.2 Å². The molecule has 9 nitrogen and oxygen atoms in total. The fourth-order valence-corrected chi connectivity index (χ4v) is 6.12. The molecule has 0 bridgehead atoms. The number of hydrogen-bond acceptors (Lipinski definition) is 5. The molecule has 2 aromatic rings. The van der Waals surface area contributed by atoms with E-state index in [-0.39, 0.29) is 31.3 Å². The number of likely N-dealkylation sites (tertiary alicyclic amines) is 1. The number of sulfone groups is 1. The van der Waals surface area contributed by atoms with Gasteiger partial charge in [0, 0.05) is 37.3 Å². The van der Waals surface area contributed by atoms with Gasteiger partial charge in [-0.1, -0.05) is 18.2 Å². The van der Waals surface area contributed by atoms with E-state index in [0.29, 0.717) is 13.0 Å². The second kappa shape index (κ2) is 7.86. The predicted molar refractivity (Wildman–Crippen MR) is 122 cm³/mol. The Morgan fingerprint density at radius 1 is 1.18 bits per heavy atom. The molecule has 1 aliphatic carbocycles. The first-order valence-corrected chi connectivity index (χ1v) is 13.4. The summed E-state index contributed by atoms with van der Waals surface area (Å²) < 4.78 is 25.4. The number of aryl methyl sites for hydroxylation is 1. The number of para-hydroxylation sites is 1. The number of carbonyl (C=O) groups is 2. The Morgan fingerprint density at radius 3 is 2.64 bits per heavy atom. The van der Waals surface area contributed by atoms with E-state index >= 15 is 0 Å². The van der Waals surface area contributed by atoms with Crippen LogP contribution in [0.2, 0.25) is 0 Å². The molecule has 0 atom stereocenters. The van der Waals surface area contributed by atoms with Gasteiger partial charge < -0.3 is 19.5 Å². The van der Waals surface area contributed by atoms with Crippen LogP contribution in [-0.2, 0) is 46.0 Å². The van der Waals surface area contributed by atoms with Crippen molar-refractivity contribution in [1.29, 1.82) is 0 Å². The first-order chi connectivity index (χ1) is 15.7. The lowest BCUT2D eigenvalue weighted by Gasteiger charge is -2.45.